The van der Waals surface area contributed by atoms with E-state index in [0.29, 0.717) is 46.3 Å². The zero-order valence-electron chi connectivity index (χ0n) is 25.5. The molecular weight excluding hydrogens is 600 g/mol. The van der Waals surface area contributed by atoms with Crippen LogP contribution in [0.15, 0.2) is 73.1 Å². The molecule has 2 atom stereocenters. The first kappa shape index (κ1) is 34.6. The number of aliphatic carboxylic acids is 1. The second kappa shape index (κ2) is 14.5. The predicted molar refractivity (Wildman–Crippen MR) is 149 cm³/mol. The number of rotatable bonds is 10. The van der Waals surface area contributed by atoms with Crippen molar-refractivity contribution in [2.24, 2.45) is 5.92 Å². The van der Waals surface area contributed by atoms with Crippen LogP contribution in [0.1, 0.15) is 46.0 Å². The molecule has 0 saturated heterocycles. The zero-order valence-corrected chi connectivity index (χ0v) is 29.5. The van der Waals surface area contributed by atoms with Gasteiger partial charge in [0.1, 0.15) is 17.2 Å². The molecule has 1 aliphatic heterocycles. The van der Waals surface area contributed by atoms with E-state index >= 15 is 0 Å². The second-order valence-corrected chi connectivity index (χ2v) is 10.2. The third kappa shape index (κ3) is 6.27. The minimum Gasteiger partial charge on any atom is -0.550 e. The molecule has 0 radical (unpaired) electrons. The van der Waals surface area contributed by atoms with Crippen molar-refractivity contribution in [1.29, 1.82) is 0 Å². The predicted octanol–water partition coefficient (Wildman–Crippen LogP) is -2.97. The molecule has 6 rings (SSSR count). The van der Waals surface area contributed by atoms with E-state index in [-0.39, 0.29) is 89.4 Å². The first-order valence-corrected chi connectivity index (χ1v) is 13.8. The van der Waals surface area contributed by atoms with Gasteiger partial charge in [0.25, 0.3) is 0 Å². The summed E-state index contributed by atoms with van der Waals surface area (Å²) in [5, 5.41) is 25.0. The number of carbonyl (C=O) groups is 2. The molecular formula is C33H27NNa2O9. The number of aromatic carboxylic acids is 1. The fourth-order valence-corrected chi connectivity index (χ4v) is 6.03. The summed E-state index contributed by atoms with van der Waals surface area (Å²) in [6.07, 6.45) is 3.53. The fourth-order valence-electron chi connectivity index (χ4n) is 6.03. The molecule has 0 saturated carbocycles. The number of fused-ring (bicyclic) bond motifs is 2. The van der Waals surface area contributed by atoms with Crippen molar-refractivity contribution in [3.05, 3.63) is 101 Å². The van der Waals surface area contributed by atoms with E-state index in [1.54, 1.807) is 36.4 Å². The summed E-state index contributed by atoms with van der Waals surface area (Å²) in [5.74, 6) is -1.71. The monoisotopic (exact) mass is 627 g/mol. The summed E-state index contributed by atoms with van der Waals surface area (Å²) in [6, 6.07) is 17.1. The summed E-state index contributed by atoms with van der Waals surface area (Å²) < 4.78 is 28.8. The largest absolute Gasteiger partial charge is 1.00 e. The molecule has 2 unspecified atom stereocenters. The molecule has 3 aromatic carbocycles. The van der Waals surface area contributed by atoms with Crippen molar-refractivity contribution in [2.45, 2.75) is 25.2 Å². The molecule has 2 heterocycles. The molecule has 220 valence electrons. The van der Waals surface area contributed by atoms with E-state index in [9.17, 15) is 19.8 Å². The third-order valence-electron chi connectivity index (χ3n) is 7.87. The Morgan fingerprint density at radius 1 is 0.933 bits per heavy atom. The van der Waals surface area contributed by atoms with Crippen molar-refractivity contribution in [2.75, 3.05) is 20.5 Å². The van der Waals surface area contributed by atoms with Crippen LogP contribution in [-0.2, 0) is 16.6 Å². The number of carbonyl (C=O) groups excluding carboxylic acids is 2. The Balaban J connectivity index is 0.00000230. The van der Waals surface area contributed by atoms with Crippen molar-refractivity contribution in [3.8, 4) is 34.5 Å². The fraction of sp³-hybridized carbons (Fsp3) is 0.242. The van der Waals surface area contributed by atoms with Gasteiger partial charge >= 0.3 is 59.1 Å². The van der Waals surface area contributed by atoms with Gasteiger partial charge in [0.2, 0.25) is 6.79 Å². The second-order valence-electron chi connectivity index (χ2n) is 10.2. The van der Waals surface area contributed by atoms with Crippen LogP contribution in [0.3, 0.4) is 0 Å². The molecule has 2 aliphatic rings. The van der Waals surface area contributed by atoms with E-state index in [1.165, 1.54) is 25.6 Å². The number of hydrogen-bond acceptors (Lipinski definition) is 10. The summed E-state index contributed by atoms with van der Waals surface area (Å²) in [7, 11) is 1.48. The van der Waals surface area contributed by atoms with Gasteiger partial charge in [-0.15, -0.1) is 0 Å². The van der Waals surface area contributed by atoms with Crippen molar-refractivity contribution >= 4 is 11.9 Å². The molecule has 0 fully saturated rings. The van der Waals surface area contributed by atoms with Gasteiger partial charge in [-0.25, -0.2) is 0 Å². The van der Waals surface area contributed by atoms with Crippen LogP contribution in [-0.4, -0.2) is 37.4 Å². The van der Waals surface area contributed by atoms with Gasteiger partial charge in [-0.05, 0) is 65.9 Å². The Morgan fingerprint density at radius 3 is 2.42 bits per heavy atom. The summed E-state index contributed by atoms with van der Waals surface area (Å²) in [6.45, 7) is 2.55. The van der Waals surface area contributed by atoms with E-state index in [1.807, 2.05) is 25.1 Å². The standard InChI is InChI=1S/C33H29NO9.2Na/c1-3-12-40-22-6-7-24-19(13-22)14-26(32(37)38)33(24,20-4-9-27-29(15-20)42-18-41-27)25-8-5-21(39-2)16-28(25)43-30-17-34-11-10-23(30)31(35)36;;/h4-11,13,15-17,26H,3,12,14,18H2,1-2H3,(H,35,36)(H,37,38);;/q;2*+1/p-2. The van der Waals surface area contributed by atoms with E-state index < -0.39 is 23.3 Å². The van der Waals surface area contributed by atoms with Gasteiger partial charge in [-0.3, -0.25) is 4.98 Å². The Hall–Kier alpha value is -3.25. The quantitative estimate of drug-likeness (QED) is 0.168. The van der Waals surface area contributed by atoms with E-state index in [2.05, 4.69) is 4.98 Å². The van der Waals surface area contributed by atoms with Gasteiger partial charge in [-0.2, -0.15) is 0 Å². The van der Waals surface area contributed by atoms with Crippen LogP contribution >= 0.6 is 0 Å². The van der Waals surface area contributed by atoms with Crippen LogP contribution in [0, 0.1) is 5.92 Å². The molecule has 1 aromatic heterocycles. The van der Waals surface area contributed by atoms with Gasteiger partial charge in [0, 0.05) is 35.3 Å². The molecule has 0 N–H and O–H groups in total. The van der Waals surface area contributed by atoms with E-state index in [4.69, 9.17) is 23.7 Å². The van der Waals surface area contributed by atoms with Crippen LogP contribution < -0.4 is 93.0 Å². The number of hydrogen-bond donors (Lipinski definition) is 0. The number of ether oxygens (including phenoxy) is 5. The average molecular weight is 628 g/mol. The summed E-state index contributed by atoms with van der Waals surface area (Å²) >= 11 is 0. The van der Waals surface area contributed by atoms with Crippen molar-refractivity contribution in [1.82, 2.24) is 4.98 Å². The topological polar surface area (TPSA) is 139 Å². The van der Waals surface area contributed by atoms with Gasteiger partial charge in [-0.1, -0.05) is 25.1 Å². The Kier molecular flexibility index (Phi) is 11.1. The molecule has 4 aromatic rings. The van der Waals surface area contributed by atoms with Crippen molar-refractivity contribution in [3.63, 3.8) is 0 Å². The maximum atomic E-state index is 13.1. The normalized spacial score (nSPS) is 17.3. The maximum Gasteiger partial charge on any atom is 1.00 e. The van der Waals surface area contributed by atoms with Gasteiger partial charge in [0.15, 0.2) is 17.2 Å². The summed E-state index contributed by atoms with van der Waals surface area (Å²) in [4.78, 5) is 29.0. The Labute approximate surface area is 304 Å². The summed E-state index contributed by atoms with van der Waals surface area (Å²) in [5.41, 5.74) is 0.902. The molecule has 10 nitrogen and oxygen atoms in total. The van der Waals surface area contributed by atoms with Crippen LogP contribution in [0.4, 0.5) is 0 Å². The number of pyridine rings is 1. The number of benzene rings is 3. The molecule has 0 spiro atoms. The number of aromatic nitrogens is 1. The molecule has 1 aliphatic carbocycles. The number of nitrogens with zero attached hydrogens (tertiary/aromatic N) is 1. The molecule has 0 bridgehead atoms. The third-order valence-corrected chi connectivity index (χ3v) is 7.87. The van der Waals surface area contributed by atoms with Crippen LogP contribution in [0.5, 0.6) is 34.5 Å². The zero-order chi connectivity index (χ0) is 30.1. The smallest absolute Gasteiger partial charge is 0.550 e. The first-order chi connectivity index (χ1) is 20.9. The Bertz CT molecular complexity index is 1730. The first-order valence-electron chi connectivity index (χ1n) is 13.8. The maximum absolute atomic E-state index is 13.1. The minimum atomic E-state index is -1.45. The number of methoxy groups -OCH3 is 1. The number of carboxylic acid groups (broad SMARTS) is 2. The van der Waals surface area contributed by atoms with E-state index in [0.717, 1.165) is 12.0 Å². The van der Waals surface area contributed by atoms with Crippen LogP contribution in [0.2, 0.25) is 0 Å². The molecule has 45 heavy (non-hydrogen) atoms. The Morgan fingerprint density at radius 2 is 1.69 bits per heavy atom. The number of carboxylic acids is 2. The average Bonchev–Trinajstić information content (AvgIpc) is 3.62. The molecule has 12 heteroatoms. The molecule has 0 amide bonds. The SMILES string of the molecule is CCCOc1ccc2c(c1)CC(C(=O)[O-])C2(c1ccc2c(c1)OCO2)c1ccc(OC)cc1Oc1cnccc1C(=O)[O-].[Na+].[Na+]. The van der Waals surface area contributed by atoms with Crippen molar-refractivity contribution < 1.29 is 103 Å². The van der Waals surface area contributed by atoms with Gasteiger partial charge < -0.3 is 43.5 Å². The van der Waals surface area contributed by atoms with Gasteiger partial charge in [0.05, 0.1) is 31.3 Å². The van der Waals surface area contributed by atoms with Crippen LogP contribution in [0.25, 0.3) is 0 Å². The minimum absolute atomic E-state index is 0.